The van der Waals surface area contributed by atoms with E-state index >= 15 is 0 Å². The second-order valence-corrected chi connectivity index (χ2v) is 6.39. The van der Waals surface area contributed by atoms with Gasteiger partial charge in [-0.2, -0.15) is 0 Å². The summed E-state index contributed by atoms with van der Waals surface area (Å²) in [6.45, 7) is 8.34. The van der Waals surface area contributed by atoms with E-state index in [2.05, 4.69) is 0 Å². The molecule has 1 aliphatic rings. The number of hydrogen-bond donors (Lipinski definition) is 0. The lowest BCUT2D eigenvalue weighted by Crippen LogP contribution is -2.41. The van der Waals surface area contributed by atoms with Gasteiger partial charge in [-0.05, 0) is 33.8 Å². The minimum absolute atomic E-state index is 0.125. The second kappa shape index (κ2) is 7.09. The van der Waals surface area contributed by atoms with Crippen molar-refractivity contribution in [3.05, 3.63) is 18.2 Å². The van der Waals surface area contributed by atoms with Crippen LogP contribution in [0, 0.1) is 0 Å². The standard InChI is InChI=1S/C16H25BO6/c1-15(2)16(3,4)23-17(22-15)13-8-7-12(20-10-18-5)9-14(13)21-11-19-6/h7-9H,10-11H2,1-6H3. The van der Waals surface area contributed by atoms with Gasteiger partial charge in [0, 0.05) is 25.7 Å². The maximum atomic E-state index is 6.08. The molecule has 0 N–H and O–H groups in total. The monoisotopic (exact) mass is 324 g/mol. The van der Waals surface area contributed by atoms with Crippen LogP contribution < -0.4 is 14.9 Å². The van der Waals surface area contributed by atoms with E-state index in [4.69, 9.17) is 28.3 Å². The first-order valence-electron chi connectivity index (χ1n) is 7.54. The van der Waals surface area contributed by atoms with Crippen molar-refractivity contribution in [2.24, 2.45) is 0 Å². The van der Waals surface area contributed by atoms with Crippen molar-refractivity contribution in [2.45, 2.75) is 38.9 Å². The number of rotatable bonds is 7. The molecule has 7 heteroatoms. The van der Waals surface area contributed by atoms with Gasteiger partial charge in [-0.1, -0.05) is 6.07 Å². The molecule has 128 valence electrons. The Morgan fingerprint density at radius 1 is 0.913 bits per heavy atom. The summed E-state index contributed by atoms with van der Waals surface area (Å²) in [5.74, 6) is 1.23. The van der Waals surface area contributed by atoms with Crippen LogP contribution in [0.1, 0.15) is 27.7 Å². The molecule has 0 radical (unpaired) electrons. The van der Waals surface area contributed by atoms with E-state index in [0.717, 1.165) is 5.46 Å². The van der Waals surface area contributed by atoms with Crippen molar-refractivity contribution in [2.75, 3.05) is 27.8 Å². The highest BCUT2D eigenvalue weighted by atomic mass is 16.7. The first-order valence-corrected chi connectivity index (χ1v) is 7.54. The highest BCUT2D eigenvalue weighted by molar-refractivity contribution is 6.63. The van der Waals surface area contributed by atoms with Crippen LogP contribution in [0.2, 0.25) is 0 Å². The molecule has 2 rings (SSSR count). The summed E-state index contributed by atoms with van der Waals surface area (Å²) in [6.07, 6.45) is 0. The molecule has 0 amide bonds. The normalized spacial score (nSPS) is 19.0. The van der Waals surface area contributed by atoms with Gasteiger partial charge in [0.1, 0.15) is 11.5 Å². The van der Waals surface area contributed by atoms with Gasteiger partial charge >= 0.3 is 7.12 Å². The third-order valence-electron chi connectivity index (χ3n) is 4.17. The van der Waals surface area contributed by atoms with Crippen LogP contribution in [0.15, 0.2) is 18.2 Å². The molecule has 0 spiro atoms. The molecule has 6 nitrogen and oxygen atoms in total. The first kappa shape index (κ1) is 18.1. The zero-order valence-electron chi connectivity index (χ0n) is 14.7. The first-order chi connectivity index (χ1) is 10.8. The molecule has 0 aromatic heterocycles. The van der Waals surface area contributed by atoms with E-state index in [1.54, 1.807) is 20.3 Å². The molecule has 0 aliphatic carbocycles. The molecule has 1 saturated heterocycles. The smallest absolute Gasteiger partial charge is 0.468 e. The summed E-state index contributed by atoms with van der Waals surface area (Å²) >= 11 is 0. The van der Waals surface area contributed by atoms with Gasteiger partial charge in [-0.3, -0.25) is 0 Å². The Morgan fingerprint density at radius 3 is 2.04 bits per heavy atom. The Bertz CT molecular complexity index is 515. The number of hydrogen-bond acceptors (Lipinski definition) is 6. The Hall–Kier alpha value is -1.28. The molecule has 0 atom stereocenters. The van der Waals surface area contributed by atoms with Crippen LogP contribution in [0.25, 0.3) is 0 Å². The number of benzene rings is 1. The molecule has 1 heterocycles. The zero-order chi connectivity index (χ0) is 17.1. The fourth-order valence-corrected chi connectivity index (χ4v) is 2.14. The topological polar surface area (TPSA) is 55.4 Å². The van der Waals surface area contributed by atoms with Gasteiger partial charge in [0.2, 0.25) is 0 Å². The van der Waals surface area contributed by atoms with Crippen LogP contribution in [0.4, 0.5) is 0 Å². The molecule has 0 bridgehead atoms. The summed E-state index contributed by atoms with van der Waals surface area (Å²) in [5, 5.41) is 0. The highest BCUT2D eigenvalue weighted by Crippen LogP contribution is 2.37. The number of methoxy groups -OCH3 is 2. The van der Waals surface area contributed by atoms with E-state index in [1.165, 1.54) is 0 Å². The molecule has 1 aromatic rings. The van der Waals surface area contributed by atoms with Gasteiger partial charge in [-0.15, -0.1) is 0 Å². The molecule has 23 heavy (non-hydrogen) atoms. The molecular formula is C16H25BO6. The lowest BCUT2D eigenvalue weighted by molar-refractivity contribution is 0.00578. The Labute approximate surface area is 138 Å². The maximum Gasteiger partial charge on any atom is 0.498 e. The summed E-state index contributed by atoms with van der Waals surface area (Å²) in [6, 6.07) is 5.48. The predicted molar refractivity (Wildman–Crippen MR) is 87.2 cm³/mol. The van der Waals surface area contributed by atoms with E-state index in [9.17, 15) is 0 Å². The minimum Gasteiger partial charge on any atom is -0.468 e. The predicted octanol–water partition coefficient (Wildman–Crippen LogP) is 1.95. The van der Waals surface area contributed by atoms with Crippen LogP contribution in [-0.2, 0) is 18.8 Å². The van der Waals surface area contributed by atoms with Gasteiger partial charge in [0.05, 0.1) is 11.2 Å². The molecule has 0 unspecified atom stereocenters. The molecule has 1 aliphatic heterocycles. The minimum atomic E-state index is -0.511. The van der Waals surface area contributed by atoms with E-state index in [0.29, 0.717) is 11.5 Å². The van der Waals surface area contributed by atoms with Crippen LogP contribution in [-0.4, -0.2) is 46.1 Å². The lowest BCUT2D eigenvalue weighted by atomic mass is 9.78. The second-order valence-electron chi connectivity index (χ2n) is 6.39. The molecular weight excluding hydrogens is 299 g/mol. The van der Waals surface area contributed by atoms with Crippen molar-refractivity contribution in [1.82, 2.24) is 0 Å². The Morgan fingerprint density at radius 2 is 1.48 bits per heavy atom. The Balaban J connectivity index is 2.26. The summed E-state index contributed by atoms with van der Waals surface area (Å²) in [7, 11) is 2.63. The lowest BCUT2D eigenvalue weighted by Gasteiger charge is -2.32. The Kier molecular flexibility index (Phi) is 5.57. The van der Waals surface area contributed by atoms with Crippen LogP contribution in [0.3, 0.4) is 0 Å². The summed E-state index contributed by atoms with van der Waals surface area (Å²) < 4.78 is 33.2. The van der Waals surface area contributed by atoms with E-state index < -0.39 is 18.3 Å². The third kappa shape index (κ3) is 3.98. The van der Waals surface area contributed by atoms with E-state index in [-0.39, 0.29) is 13.6 Å². The number of ether oxygens (including phenoxy) is 4. The molecule has 0 saturated carbocycles. The van der Waals surface area contributed by atoms with Crippen LogP contribution >= 0.6 is 0 Å². The van der Waals surface area contributed by atoms with Crippen molar-refractivity contribution in [1.29, 1.82) is 0 Å². The maximum absolute atomic E-state index is 6.08. The van der Waals surface area contributed by atoms with Crippen molar-refractivity contribution < 1.29 is 28.3 Å². The van der Waals surface area contributed by atoms with Gasteiger partial charge in [0.25, 0.3) is 0 Å². The van der Waals surface area contributed by atoms with Gasteiger partial charge in [0.15, 0.2) is 13.6 Å². The average Bonchev–Trinajstić information content (AvgIpc) is 2.71. The highest BCUT2D eigenvalue weighted by Gasteiger charge is 2.52. The summed E-state index contributed by atoms with van der Waals surface area (Å²) in [4.78, 5) is 0. The van der Waals surface area contributed by atoms with Gasteiger partial charge in [-0.25, -0.2) is 0 Å². The fourth-order valence-electron chi connectivity index (χ4n) is 2.14. The van der Waals surface area contributed by atoms with Crippen LogP contribution in [0.5, 0.6) is 11.5 Å². The van der Waals surface area contributed by atoms with Crippen molar-refractivity contribution in [3.63, 3.8) is 0 Å². The molecule has 1 fully saturated rings. The van der Waals surface area contributed by atoms with Crippen molar-refractivity contribution >= 4 is 12.6 Å². The zero-order valence-corrected chi connectivity index (χ0v) is 14.7. The largest absolute Gasteiger partial charge is 0.498 e. The molecule has 1 aromatic carbocycles. The average molecular weight is 324 g/mol. The third-order valence-corrected chi connectivity index (χ3v) is 4.17. The quantitative estimate of drug-likeness (QED) is 0.564. The summed E-state index contributed by atoms with van der Waals surface area (Å²) in [5.41, 5.74) is -0.0338. The van der Waals surface area contributed by atoms with Gasteiger partial charge < -0.3 is 28.3 Å². The SMILES string of the molecule is COCOc1ccc(B2OC(C)(C)C(C)(C)O2)c(OCOC)c1. The van der Waals surface area contributed by atoms with Crippen molar-refractivity contribution in [3.8, 4) is 11.5 Å². The fraction of sp³-hybridized carbons (Fsp3) is 0.625. The van der Waals surface area contributed by atoms with E-state index in [1.807, 2.05) is 39.8 Å².